The first kappa shape index (κ1) is 16.0. The van der Waals surface area contributed by atoms with Gasteiger partial charge in [-0.3, -0.25) is 9.59 Å². The predicted molar refractivity (Wildman–Crippen MR) is 84.7 cm³/mol. The van der Waals surface area contributed by atoms with Gasteiger partial charge in [-0.05, 0) is 39.0 Å². The van der Waals surface area contributed by atoms with E-state index in [0.29, 0.717) is 11.7 Å². The number of carbonyl (C=O) groups excluding carboxylic acids is 2. The van der Waals surface area contributed by atoms with E-state index < -0.39 is 5.97 Å². The zero-order valence-corrected chi connectivity index (χ0v) is 13.3. The molecule has 0 saturated carbocycles. The lowest BCUT2D eigenvalue weighted by molar-refractivity contribution is -0.141. The molecule has 2 rings (SSSR count). The molecule has 22 heavy (non-hydrogen) atoms. The number of nitrogens with one attached hydrogen (secondary N) is 1. The van der Waals surface area contributed by atoms with Gasteiger partial charge in [-0.1, -0.05) is 0 Å². The second-order valence-corrected chi connectivity index (χ2v) is 5.45. The summed E-state index contributed by atoms with van der Waals surface area (Å²) in [6, 6.07) is 5.96. The van der Waals surface area contributed by atoms with Crippen LogP contribution < -0.4 is 5.32 Å². The van der Waals surface area contributed by atoms with E-state index in [4.69, 9.17) is 0 Å². The number of hydrogen-bond acceptors (Lipinski definition) is 4. The predicted octanol–water partition coefficient (Wildman–Crippen LogP) is 2.82. The fourth-order valence-corrected chi connectivity index (χ4v) is 2.49. The molecule has 0 saturated heterocycles. The number of fused-ring (bicyclic) bond motifs is 1. The van der Waals surface area contributed by atoms with Gasteiger partial charge >= 0.3 is 5.97 Å². The second-order valence-electron chi connectivity index (χ2n) is 5.45. The van der Waals surface area contributed by atoms with Gasteiger partial charge in [0.25, 0.3) is 0 Å². The molecule has 6 nitrogen and oxygen atoms in total. The van der Waals surface area contributed by atoms with Crippen LogP contribution in [0.3, 0.4) is 0 Å². The molecule has 0 radical (unpaired) electrons. The molecule has 0 fully saturated rings. The maximum atomic E-state index is 11.8. The van der Waals surface area contributed by atoms with Gasteiger partial charge in [0.05, 0.1) is 24.6 Å². The molecule has 1 heterocycles. The van der Waals surface area contributed by atoms with Crippen LogP contribution in [-0.2, 0) is 14.3 Å². The standard InChI is InChI=1S/C16H21N3O3/c1-10(2)19-11(3)17-13-9-12(5-6-14(13)19)18-15(20)7-8-16(21)22-4/h5-6,9-10H,7-8H2,1-4H3,(H,18,20). The van der Waals surface area contributed by atoms with Gasteiger partial charge < -0.3 is 14.6 Å². The zero-order valence-electron chi connectivity index (χ0n) is 13.3. The van der Waals surface area contributed by atoms with Crippen LogP contribution in [0.1, 0.15) is 38.6 Å². The van der Waals surface area contributed by atoms with Gasteiger partial charge in [0, 0.05) is 18.2 Å². The molecule has 0 aliphatic heterocycles. The lowest BCUT2D eigenvalue weighted by Crippen LogP contribution is -2.13. The molecular weight excluding hydrogens is 282 g/mol. The normalized spacial score (nSPS) is 11.0. The molecule has 1 aromatic carbocycles. The number of imidazole rings is 1. The number of carbonyl (C=O) groups is 2. The number of aromatic nitrogens is 2. The summed E-state index contributed by atoms with van der Waals surface area (Å²) in [5.41, 5.74) is 2.56. The zero-order chi connectivity index (χ0) is 16.3. The molecule has 0 bridgehead atoms. The Kier molecular flexibility index (Phi) is 4.80. The van der Waals surface area contributed by atoms with E-state index in [-0.39, 0.29) is 18.7 Å². The number of benzene rings is 1. The summed E-state index contributed by atoms with van der Waals surface area (Å²) in [6.45, 7) is 6.18. The summed E-state index contributed by atoms with van der Waals surface area (Å²) in [7, 11) is 1.31. The second kappa shape index (κ2) is 6.60. The number of methoxy groups -OCH3 is 1. The summed E-state index contributed by atoms with van der Waals surface area (Å²) in [5.74, 6) is 0.334. The van der Waals surface area contributed by atoms with Crippen molar-refractivity contribution in [3.8, 4) is 0 Å². The van der Waals surface area contributed by atoms with Gasteiger partial charge in [-0.25, -0.2) is 4.98 Å². The number of nitrogens with zero attached hydrogens (tertiary/aromatic N) is 2. The molecule has 0 spiro atoms. The molecule has 2 aromatic rings. The third kappa shape index (κ3) is 3.44. The maximum Gasteiger partial charge on any atom is 0.306 e. The first-order chi connectivity index (χ1) is 10.4. The van der Waals surface area contributed by atoms with Gasteiger partial charge in [0.15, 0.2) is 0 Å². The van der Waals surface area contributed by atoms with E-state index in [1.54, 1.807) is 0 Å². The average Bonchev–Trinajstić information content (AvgIpc) is 2.79. The maximum absolute atomic E-state index is 11.8. The molecule has 1 aromatic heterocycles. The smallest absolute Gasteiger partial charge is 0.306 e. The largest absolute Gasteiger partial charge is 0.469 e. The Bertz CT molecular complexity index is 704. The van der Waals surface area contributed by atoms with Crippen molar-refractivity contribution in [1.29, 1.82) is 0 Å². The van der Waals surface area contributed by atoms with Crippen LogP contribution in [0.15, 0.2) is 18.2 Å². The van der Waals surface area contributed by atoms with Crippen LogP contribution in [0, 0.1) is 6.92 Å². The van der Waals surface area contributed by atoms with Gasteiger partial charge in [-0.15, -0.1) is 0 Å². The Morgan fingerprint density at radius 2 is 2.05 bits per heavy atom. The Morgan fingerprint density at radius 3 is 2.68 bits per heavy atom. The highest BCUT2D eigenvalue weighted by atomic mass is 16.5. The molecule has 6 heteroatoms. The number of aryl methyl sites for hydroxylation is 1. The number of anilines is 1. The van der Waals surface area contributed by atoms with Crippen molar-refractivity contribution in [3.05, 3.63) is 24.0 Å². The summed E-state index contributed by atoms with van der Waals surface area (Å²) in [4.78, 5) is 27.4. The highest BCUT2D eigenvalue weighted by Gasteiger charge is 2.12. The van der Waals surface area contributed by atoms with Crippen molar-refractivity contribution in [2.75, 3.05) is 12.4 Å². The Hall–Kier alpha value is -2.37. The SMILES string of the molecule is COC(=O)CCC(=O)Nc1ccc2c(c1)nc(C)n2C(C)C. The summed E-state index contributed by atoms with van der Waals surface area (Å²) in [6.07, 6.45) is 0.176. The monoisotopic (exact) mass is 303 g/mol. The van der Waals surface area contributed by atoms with Crippen LogP contribution >= 0.6 is 0 Å². The minimum absolute atomic E-state index is 0.0751. The van der Waals surface area contributed by atoms with Crippen LogP contribution in [0.2, 0.25) is 0 Å². The molecule has 1 N–H and O–H groups in total. The lowest BCUT2D eigenvalue weighted by atomic mass is 10.2. The van der Waals surface area contributed by atoms with Crippen LogP contribution in [0.4, 0.5) is 5.69 Å². The van der Waals surface area contributed by atoms with Crippen molar-refractivity contribution >= 4 is 28.6 Å². The van der Waals surface area contributed by atoms with Crippen LogP contribution in [0.25, 0.3) is 11.0 Å². The highest BCUT2D eigenvalue weighted by Crippen LogP contribution is 2.23. The van der Waals surface area contributed by atoms with Crippen LogP contribution in [-0.4, -0.2) is 28.5 Å². The van der Waals surface area contributed by atoms with E-state index in [0.717, 1.165) is 16.9 Å². The first-order valence-corrected chi connectivity index (χ1v) is 7.27. The number of ether oxygens (including phenoxy) is 1. The topological polar surface area (TPSA) is 73.2 Å². The van der Waals surface area contributed by atoms with Gasteiger partial charge in [0.2, 0.25) is 5.91 Å². The highest BCUT2D eigenvalue weighted by molar-refractivity contribution is 5.94. The summed E-state index contributed by atoms with van der Waals surface area (Å²) in [5, 5.41) is 2.78. The molecule has 0 aliphatic rings. The minimum Gasteiger partial charge on any atom is -0.469 e. The van der Waals surface area contributed by atoms with E-state index in [1.807, 2.05) is 25.1 Å². The van der Waals surface area contributed by atoms with Crippen molar-refractivity contribution < 1.29 is 14.3 Å². The minimum atomic E-state index is -0.392. The van der Waals surface area contributed by atoms with E-state index >= 15 is 0 Å². The molecular formula is C16H21N3O3. The van der Waals surface area contributed by atoms with Crippen molar-refractivity contribution in [1.82, 2.24) is 9.55 Å². The third-order valence-corrected chi connectivity index (χ3v) is 3.45. The molecule has 1 amide bonds. The fraction of sp³-hybridized carbons (Fsp3) is 0.438. The van der Waals surface area contributed by atoms with Crippen molar-refractivity contribution in [2.24, 2.45) is 0 Å². The Balaban J connectivity index is 2.13. The number of esters is 1. The number of rotatable bonds is 5. The van der Waals surface area contributed by atoms with Crippen molar-refractivity contribution in [3.63, 3.8) is 0 Å². The quantitative estimate of drug-likeness (QED) is 0.862. The van der Waals surface area contributed by atoms with E-state index in [2.05, 4.69) is 33.5 Å². The number of amides is 1. The first-order valence-electron chi connectivity index (χ1n) is 7.27. The van der Waals surface area contributed by atoms with E-state index in [9.17, 15) is 9.59 Å². The number of hydrogen-bond donors (Lipinski definition) is 1. The molecule has 0 unspecified atom stereocenters. The lowest BCUT2D eigenvalue weighted by Gasteiger charge is -2.11. The molecule has 0 aliphatic carbocycles. The van der Waals surface area contributed by atoms with E-state index in [1.165, 1.54) is 7.11 Å². The average molecular weight is 303 g/mol. The Labute approximate surface area is 129 Å². The summed E-state index contributed by atoms with van der Waals surface area (Å²) < 4.78 is 6.67. The molecule has 0 atom stereocenters. The van der Waals surface area contributed by atoms with Gasteiger partial charge in [0.1, 0.15) is 5.82 Å². The molecule has 118 valence electrons. The fourth-order valence-electron chi connectivity index (χ4n) is 2.49. The Morgan fingerprint density at radius 1 is 1.32 bits per heavy atom. The van der Waals surface area contributed by atoms with Crippen LogP contribution in [0.5, 0.6) is 0 Å². The van der Waals surface area contributed by atoms with Gasteiger partial charge in [-0.2, -0.15) is 0 Å². The van der Waals surface area contributed by atoms with Crippen molar-refractivity contribution in [2.45, 2.75) is 39.7 Å². The summed E-state index contributed by atoms with van der Waals surface area (Å²) >= 11 is 0. The third-order valence-electron chi connectivity index (χ3n) is 3.45.